The van der Waals surface area contributed by atoms with E-state index in [4.69, 9.17) is 4.42 Å². The lowest BCUT2D eigenvalue weighted by Gasteiger charge is -2.07. The van der Waals surface area contributed by atoms with Crippen molar-refractivity contribution in [2.24, 2.45) is 0 Å². The molecule has 1 aromatic heterocycles. The maximum atomic E-state index is 12.7. The summed E-state index contributed by atoms with van der Waals surface area (Å²) in [4.78, 5) is 4.31. The number of hydrogen-bond acceptors (Lipinski definition) is 2. The van der Waals surface area contributed by atoms with E-state index in [0.717, 1.165) is 23.2 Å². The first kappa shape index (κ1) is 13.7. The molecule has 0 radical (unpaired) electrons. The van der Waals surface area contributed by atoms with Crippen molar-refractivity contribution in [3.05, 3.63) is 65.0 Å². The summed E-state index contributed by atoms with van der Waals surface area (Å²) in [5.41, 5.74) is 2.28. The van der Waals surface area contributed by atoms with Crippen molar-refractivity contribution < 1.29 is 17.6 Å². The zero-order valence-electron chi connectivity index (χ0n) is 11.2. The Labute approximate surface area is 119 Å². The fraction of sp³-hybridized carbons (Fsp3) is 0.188. The predicted octanol–water partition coefficient (Wildman–Crippen LogP) is 4.75. The molecule has 2 nitrogen and oxygen atoms in total. The number of rotatable bonds is 2. The smallest absolute Gasteiger partial charge is 0.416 e. The molecule has 0 spiro atoms. The molecule has 21 heavy (non-hydrogen) atoms. The van der Waals surface area contributed by atoms with Gasteiger partial charge in [-0.1, -0.05) is 24.3 Å². The molecule has 0 amide bonds. The van der Waals surface area contributed by atoms with Crippen LogP contribution in [0.2, 0.25) is 0 Å². The van der Waals surface area contributed by atoms with Crippen molar-refractivity contribution in [3.63, 3.8) is 0 Å². The lowest BCUT2D eigenvalue weighted by molar-refractivity contribution is -0.137. The molecule has 1 heterocycles. The Morgan fingerprint density at radius 3 is 2.67 bits per heavy atom. The van der Waals surface area contributed by atoms with Crippen molar-refractivity contribution in [1.29, 1.82) is 0 Å². The van der Waals surface area contributed by atoms with Crippen LogP contribution in [0, 0.1) is 6.92 Å². The molecule has 0 aliphatic heterocycles. The van der Waals surface area contributed by atoms with Crippen LogP contribution < -0.4 is 0 Å². The van der Waals surface area contributed by atoms with Crippen LogP contribution in [0.15, 0.2) is 46.9 Å². The Hall–Kier alpha value is -2.30. The van der Waals surface area contributed by atoms with Gasteiger partial charge < -0.3 is 4.42 Å². The normalized spacial score (nSPS) is 12.0. The van der Waals surface area contributed by atoms with E-state index in [1.165, 1.54) is 6.07 Å². The van der Waals surface area contributed by atoms with Gasteiger partial charge in [-0.2, -0.15) is 13.2 Å². The second-order valence-corrected chi connectivity index (χ2v) is 4.95. The third-order valence-electron chi connectivity index (χ3n) is 3.20. The van der Waals surface area contributed by atoms with Crippen molar-refractivity contribution in [2.45, 2.75) is 19.5 Å². The Bertz CT molecular complexity index is 790. The highest BCUT2D eigenvalue weighted by atomic mass is 19.4. The quantitative estimate of drug-likeness (QED) is 0.681. The van der Waals surface area contributed by atoms with Gasteiger partial charge in [-0.3, -0.25) is 0 Å². The largest absolute Gasteiger partial charge is 0.440 e. The second-order valence-electron chi connectivity index (χ2n) is 4.95. The van der Waals surface area contributed by atoms with Gasteiger partial charge >= 0.3 is 6.18 Å². The standard InChI is InChI=1S/C16H12F3NO/c1-10-5-6-14-13(7-10)20-15(21-14)9-11-3-2-4-12(8-11)16(17,18)19/h2-8H,9H2,1H3. The number of nitrogens with zero attached hydrogens (tertiary/aromatic N) is 1. The van der Waals surface area contributed by atoms with Gasteiger partial charge in [0.1, 0.15) is 5.52 Å². The molecule has 0 bridgehead atoms. The molecule has 3 aromatic rings. The van der Waals surface area contributed by atoms with Crippen LogP contribution in [-0.2, 0) is 12.6 Å². The molecule has 5 heteroatoms. The number of alkyl halides is 3. The summed E-state index contributed by atoms with van der Waals surface area (Å²) in [7, 11) is 0. The van der Waals surface area contributed by atoms with E-state index in [0.29, 0.717) is 17.0 Å². The average molecular weight is 291 g/mol. The van der Waals surface area contributed by atoms with E-state index in [9.17, 15) is 13.2 Å². The van der Waals surface area contributed by atoms with Crippen molar-refractivity contribution in [3.8, 4) is 0 Å². The first-order chi connectivity index (χ1) is 9.91. The maximum Gasteiger partial charge on any atom is 0.416 e. The molecule has 0 aliphatic carbocycles. The molecule has 0 N–H and O–H groups in total. The third kappa shape index (κ3) is 2.91. The fourth-order valence-corrected chi connectivity index (χ4v) is 2.19. The number of benzene rings is 2. The Morgan fingerprint density at radius 1 is 1.10 bits per heavy atom. The summed E-state index contributed by atoms with van der Waals surface area (Å²) in [6.07, 6.45) is -4.11. The van der Waals surface area contributed by atoms with Crippen molar-refractivity contribution in [2.75, 3.05) is 0 Å². The number of aromatic nitrogens is 1. The Kier molecular flexibility index (Phi) is 3.20. The fourth-order valence-electron chi connectivity index (χ4n) is 2.19. The molecule has 2 aromatic carbocycles. The van der Waals surface area contributed by atoms with E-state index in [2.05, 4.69) is 4.98 Å². The first-order valence-corrected chi connectivity index (χ1v) is 6.44. The van der Waals surface area contributed by atoms with Gasteiger partial charge in [-0.25, -0.2) is 4.98 Å². The van der Waals surface area contributed by atoms with Crippen LogP contribution in [0.4, 0.5) is 13.2 Å². The Balaban J connectivity index is 1.91. The van der Waals surface area contributed by atoms with Crippen molar-refractivity contribution >= 4 is 11.1 Å². The van der Waals surface area contributed by atoms with Gasteiger partial charge in [0.15, 0.2) is 11.5 Å². The van der Waals surface area contributed by atoms with Gasteiger partial charge in [0.2, 0.25) is 0 Å². The van der Waals surface area contributed by atoms with E-state index in [1.807, 2.05) is 25.1 Å². The maximum absolute atomic E-state index is 12.7. The van der Waals surface area contributed by atoms with Crippen LogP contribution in [-0.4, -0.2) is 4.98 Å². The number of fused-ring (bicyclic) bond motifs is 1. The number of halogens is 3. The van der Waals surface area contributed by atoms with Crippen LogP contribution in [0.25, 0.3) is 11.1 Å². The Morgan fingerprint density at radius 2 is 1.90 bits per heavy atom. The minimum absolute atomic E-state index is 0.234. The van der Waals surface area contributed by atoms with Crippen LogP contribution >= 0.6 is 0 Å². The summed E-state index contributed by atoms with van der Waals surface area (Å²) >= 11 is 0. The van der Waals surface area contributed by atoms with Crippen molar-refractivity contribution in [1.82, 2.24) is 4.98 Å². The lowest BCUT2D eigenvalue weighted by atomic mass is 10.1. The summed E-state index contributed by atoms with van der Waals surface area (Å²) in [6, 6.07) is 10.8. The summed E-state index contributed by atoms with van der Waals surface area (Å²) in [5.74, 6) is 0.412. The summed E-state index contributed by atoms with van der Waals surface area (Å²) in [6.45, 7) is 1.95. The molecule has 108 valence electrons. The second kappa shape index (κ2) is 4.91. The third-order valence-corrected chi connectivity index (χ3v) is 3.20. The minimum Gasteiger partial charge on any atom is -0.440 e. The molecule has 0 saturated carbocycles. The predicted molar refractivity (Wildman–Crippen MR) is 73.0 cm³/mol. The lowest BCUT2D eigenvalue weighted by Crippen LogP contribution is -2.05. The summed E-state index contributed by atoms with van der Waals surface area (Å²) < 4.78 is 43.6. The molecule has 0 aliphatic rings. The highest BCUT2D eigenvalue weighted by Crippen LogP contribution is 2.30. The van der Waals surface area contributed by atoms with Gasteiger partial charge in [0.25, 0.3) is 0 Å². The van der Waals surface area contributed by atoms with E-state index < -0.39 is 11.7 Å². The van der Waals surface area contributed by atoms with Gasteiger partial charge in [0.05, 0.1) is 5.56 Å². The van der Waals surface area contributed by atoms with Crippen LogP contribution in [0.5, 0.6) is 0 Å². The van der Waals surface area contributed by atoms with E-state index in [-0.39, 0.29) is 6.42 Å². The van der Waals surface area contributed by atoms with Gasteiger partial charge in [0, 0.05) is 6.42 Å². The summed E-state index contributed by atoms with van der Waals surface area (Å²) in [5, 5.41) is 0. The molecular weight excluding hydrogens is 279 g/mol. The molecule has 3 rings (SSSR count). The number of aryl methyl sites for hydroxylation is 1. The highest BCUT2D eigenvalue weighted by molar-refractivity contribution is 5.73. The highest BCUT2D eigenvalue weighted by Gasteiger charge is 2.30. The van der Waals surface area contributed by atoms with Gasteiger partial charge in [-0.05, 0) is 36.2 Å². The molecule has 0 fully saturated rings. The molecular formula is C16H12F3NO. The molecule has 0 atom stereocenters. The van der Waals surface area contributed by atoms with Crippen LogP contribution in [0.3, 0.4) is 0 Å². The number of hydrogen-bond donors (Lipinski definition) is 0. The average Bonchev–Trinajstić information content (AvgIpc) is 2.79. The number of oxazole rings is 1. The zero-order valence-corrected chi connectivity index (χ0v) is 11.2. The SMILES string of the molecule is Cc1ccc2oc(Cc3cccc(C(F)(F)F)c3)nc2c1. The first-order valence-electron chi connectivity index (χ1n) is 6.44. The molecule has 0 saturated heterocycles. The minimum atomic E-state index is -4.34. The van der Waals surface area contributed by atoms with E-state index >= 15 is 0 Å². The van der Waals surface area contributed by atoms with E-state index in [1.54, 1.807) is 6.07 Å². The monoisotopic (exact) mass is 291 g/mol. The topological polar surface area (TPSA) is 26.0 Å². The van der Waals surface area contributed by atoms with Gasteiger partial charge in [-0.15, -0.1) is 0 Å². The molecule has 0 unspecified atom stereocenters. The zero-order chi connectivity index (χ0) is 15.0. The van der Waals surface area contributed by atoms with Crippen LogP contribution in [0.1, 0.15) is 22.6 Å².